The van der Waals surface area contributed by atoms with Crippen LogP contribution in [-0.4, -0.2) is 32.4 Å². The Balaban J connectivity index is 0.00000144. The zero-order chi connectivity index (χ0) is 11.8. The molecule has 0 aromatic carbocycles. The van der Waals surface area contributed by atoms with Crippen LogP contribution in [0, 0.1) is 5.92 Å². The van der Waals surface area contributed by atoms with E-state index in [4.69, 9.17) is 5.73 Å². The fourth-order valence-corrected chi connectivity index (χ4v) is 5.47. The van der Waals surface area contributed by atoms with Crippen LogP contribution in [0.3, 0.4) is 0 Å². The number of nitrogens with two attached hydrogens (primary N) is 1. The molecule has 1 aromatic heterocycles. The molecule has 0 amide bonds. The monoisotopic (exact) mass is 360 g/mol. The van der Waals surface area contributed by atoms with Gasteiger partial charge in [0.15, 0.2) is 0 Å². The molecule has 1 atom stereocenters. The normalized spacial score (nSPS) is 21.4. The van der Waals surface area contributed by atoms with Crippen LogP contribution in [0.25, 0.3) is 0 Å². The first-order valence-corrected chi connectivity index (χ1v) is 8.04. The SMILES string of the molecule is Cl.NCC1CCN(S(=O)(=O)c2ccc(Br)s2)C1. The van der Waals surface area contributed by atoms with Crippen LogP contribution in [0.5, 0.6) is 0 Å². The number of sulfonamides is 1. The topological polar surface area (TPSA) is 63.4 Å². The number of thiophene rings is 1. The molecule has 1 aliphatic rings. The molecule has 8 heteroatoms. The predicted octanol–water partition coefficient (Wildman–Crippen LogP) is 1.90. The van der Waals surface area contributed by atoms with Crippen molar-refractivity contribution >= 4 is 49.7 Å². The minimum absolute atomic E-state index is 0. The second-order valence-corrected chi connectivity index (χ2v) is 8.44. The van der Waals surface area contributed by atoms with E-state index < -0.39 is 10.0 Å². The summed E-state index contributed by atoms with van der Waals surface area (Å²) in [6, 6.07) is 3.40. The first-order valence-electron chi connectivity index (χ1n) is 4.99. The number of nitrogens with zero attached hydrogens (tertiary/aromatic N) is 1. The van der Waals surface area contributed by atoms with Crippen molar-refractivity contribution in [3.8, 4) is 0 Å². The van der Waals surface area contributed by atoms with Gasteiger partial charge in [-0.3, -0.25) is 0 Å². The zero-order valence-electron chi connectivity index (χ0n) is 9.00. The van der Waals surface area contributed by atoms with Gasteiger partial charge in [0, 0.05) is 13.1 Å². The second kappa shape index (κ2) is 5.99. The van der Waals surface area contributed by atoms with E-state index in [9.17, 15) is 8.42 Å². The molecule has 0 radical (unpaired) electrons. The van der Waals surface area contributed by atoms with Gasteiger partial charge in [-0.25, -0.2) is 8.42 Å². The Morgan fingerprint density at radius 1 is 1.53 bits per heavy atom. The molecule has 1 unspecified atom stereocenters. The van der Waals surface area contributed by atoms with Gasteiger partial charge in [-0.1, -0.05) is 0 Å². The van der Waals surface area contributed by atoms with Crippen molar-refractivity contribution in [1.29, 1.82) is 0 Å². The van der Waals surface area contributed by atoms with Crippen LogP contribution in [0.1, 0.15) is 6.42 Å². The van der Waals surface area contributed by atoms with Crippen molar-refractivity contribution in [2.45, 2.75) is 10.6 Å². The Bertz CT molecular complexity index is 477. The van der Waals surface area contributed by atoms with E-state index in [0.29, 0.717) is 29.8 Å². The predicted molar refractivity (Wildman–Crippen MR) is 75.2 cm³/mol. The van der Waals surface area contributed by atoms with Crippen LogP contribution < -0.4 is 5.73 Å². The average molecular weight is 362 g/mol. The summed E-state index contributed by atoms with van der Waals surface area (Å²) in [5, 5.41) is 0. The van der Waals surface area contributed by atoms with Gasteiger partial charge in [-0.05, 0) is 46.9 Å². The molecule has 1 fully saturated rings. The number of rotatable bonds is 3. The Kier molecular flexibility index (Phi) is 5.42. The smallest absolute Gasteiger partial charge is 0.252 e. The lowest BCUT2D eigenvalue weighted by Crippen LogP contribution is -2.29. The molecule has 2 heterocycles. The minimum atomic E-state index is -3.29. The molecule has 0 aliphatic carbocycles. The van der Waals surface area contributed by atoms with Crippen LogP contribution in [0.2, 0.25) is 0 Å². The minimum Gasteiger partial charge on any atom is -0.330 e. The van der Waals surface area contributed by atoms with Crippen molar-refractivity contribution in [3.05, 3.63) is 15.9 Å². The summed E-state index contributed by atoms with van der Waals surface area (Å²) in [7, 11) is -3.29. The van der Waals surface area contributed by atoms with Gasteiger partial charge in [-0.15, -0.1) is 23.7 Å². The van der Waals surface area contributed by atoms with Crippen molar-refractivity contribution < 1.29 is 8.42 Å². The Morgan fingerprint density at radius 2 is 2.24 bits per heavy atom. The molecule has 0 spiro atoms. The molecule has 1 saturated heterocycles. The third-order valence-electron chi connectivity index (χ3n) is 2.72. The van der Waals surface area contributed by atoms with Crippen molar-refractivity contribution in [3.63, 3.8) is 0 Å². The molecule has 17 heavy (non-hydrogen) atoms. The van der Waals surface area contributed by atoms with Crippen molar-refractivity contribution in [2.24, 2.45) is 11.7 Å². The summed E-state index contributed by atoms with van der Waals surface area (Å²) >= 11 is 4.52. The summed E-state index contributed by atoms with van der Waals surface area (Å²) in [4.78, 5) is 0. The molecular formula is C9H14BrClN2O2S2. The van der Waals surface area contributed by atoms with Crippen molar-refractivity contribution in [2.75, 3.05) is 19.6 Å². The van der Waals surface area contributed by atoms with Gasteiger partial charge in [0.05, 0.1) is 3.79 Å². The lowest BCUT2D eigenvalue weighted by atomic mass is 10.1. The average Bonchev–Trinajstić information content (AvgIpc) is 2.85. The lowest BCUT2D eigenvalue weighted by molar-refractivity contribution is 0.460. The first-order chi connectivity index (χ1) is 7.54. The van der Waals surface area contributed by atoms with Gasteiger partial charge in [0.25, 0.3) is 10.0 Å². The van der Waals surface area contributed by atoms with Crippen LogP contribution in [0.15, 0.2) is 20.1 Å². The van der Waals surface area contributed by atoms with Gasteiger partial charge in [0.2, 0.25) is 0 Å². The highest BCUT2D eigenvalue weighted by Gasteiger charge is 2.32. The van der Waals surface area contributed by atoms with E-state index in [1.807, 2.05) is 0 Å². The van der Waals surface area contributed by atoms with E-state index in [2.05, 4.69) is 15.9 Å². The number of hydrogen-bond donors (Lipinski definition) is 1. The number of halogens is 2. The van der Waals surface area contributed by atoms with Crippen LogP contribution in [-0.2, 0) is 10.0 Å². The van der Waals surface area contributed by atoms with Crippen LogP contribution >= 0.6 is 39.7 Å². The maximum absolute atomic E-state index is 12.2. The molecule has 98 valence electrons. The maximum atomic E-state index is 12.2. The summed E-state index contributed by atoms with van der Waals surface area (Å²) in [5.41, 5.74) is 5.56. The molecule has 0 saturated carbocycles. The van der Waals surface area contributed by atoms with E-state index in [1.165, 1.54) is 15.6 Å². The Morgan fingerprint density at radius 3 is 2.71 bits per heavy atom. The van der Waals surface area contributed by atoms with Gasteiger partial charge < -0.3 is 5.73 Å². The lowest BCUT2D eigenvalue weighted by Gasteiger charge is -2.14. The fourth-order valence-electron chi connectivity index (χ4n) is 1.77. The third-order valence-corrected chi connectivity index (χ3v) is 6.68. The molecule has 1 aromatic rings. The highest BCUT2D eigenvalue weighted by molar-refractivity contribution is 9.11. The molecule has 2 N–H and O–H groups in total. The van der Waals surface area contributed by atoms with Gasteiger partial charge in [-0.2, -0.15) is 4.31 Å². The summed E-state index contributed by atoms with van der Waals surface area (Å²) in [6.45, 7) is 1.69. The first kappa shape index (κ1) is 15.4. The summed E-state index contributed by atoms with van der Waals surface area (Å²) in [6.07, 6.45) is 0.863. The van der Waals surface area contributed by atoms with Crippen LogP contribution in [0.4, 0.5) is 0 Å². The Labute approximate surface area is 120 Å². The second-order valence-electron chi connectivity index (χ2n) is 3.81. The molecular weight excluding hydrogens is 348 g/mol. The molecule has 2 rings (SSSR count). The zero-order valence-corrected chi connectivity index (χ0v) is 13.0. The largest absolute Gasteiger partial charge is 0.330 e. The van der Waals surface area contributed by atoms with Gasteiger partial charge >= 0.3 is 0 Å². The summed E-state index contributed by atoms with van der Waals surface area (Å²) < 4.78 is 27.1. The Hall–Kier alpha value is 0.340. The van der Waals surface area contributed by atoms with Crippen molar-refractivity contribution in [1.82, 2.24) is 4.31 Å². The highest BCUT2D eigenvalue weighted by Crippen LogP contribution is 2.30. The van der Waals surface area contributed by atoms with Gasteiger partial charge in [0.1, 0.15) is 4.21 Å². The van der Waals surface area contributed by atoms with E-state index in [1.54, 1.807) is 12.1 Å². The van der Waals surface area contributed by atoms with E-state index in [0.717, 1.165) is 10.2 Å². The third kappa shape index (κ3) is 3.21. The van der Waals surface area contributed by atoms with E-state index >= 15 is 0 Å². The molecule has 1 aliphatic heterocycles. The molecule has 0 bridgehead atoms. The highest BCUT2D eigenvalue weighted by atomic mass is 79.9. The maximum Gasteiger partial charge on any atom is 0.252 e. The summed E-state index contributed by atoms with van der Waals surface area (Å²) in [5.74, 6) is 0.304. The number of hydrogen-bond acceptors (Lipinski definition) is 4. The van der Waals surface area contributed by atoms with E-state index in [-0.39, 0.29) is 12.4 Å². The quantitative estimate of drug-likeness (QED) is 0.894. The fraction of sp³-hybridized carbons (Fsp3) is 0.556. The molecule has 4 nitrogen and oxygen atoms in total. The standard InChI is InChI=1S/C9H13BrN2O2S2.ClH/c10-8-1-2-9(15-8)16(13,14)12-4-3-7(5-11)6-12;/h1-2,7H,3-6,11H2;1H.